The van der Waals surface area contributed by atoms with Gasteiger partial charge in [-0.2, -0.15) is 0 Å². The Bertz CT molecular complexity index is 732. The molecule has 0 saturated heterocycles. The van der Waals surface area contributed by atoms with E-state index in [0.717, 1.165) is 11.5 Å². The summed E-state index contributed by atoms with van der Waals surface area (Å²) in [5.74, 6) is 0.749. The predicted octanol–water partition coefficient (Wildman–Crippen LogP) is 5.85. The van der Waals surface area contributed by atoms with E-state index in [9.17, 15) is 0 Å². The second kappa shape index (κ2) is 15.1. The molecule has 0 aliphatic rings. The summed E-state index contributed by atoms with van der Waals surface area (Å²) in [5, 5.41) is 2.87. The Morgan fingerprint density at radius 2 is 1.48 bits per heavy atom. The van der Waals surface area contributed by atoms with Gasteiger partial charge in [0.2, 0.25) is 0 Å². The molecule has 5 nitrogen and oxygen atoms in total. The van der Waals surface area contributed by atoms with Crippen LogP contribution in [0.3, 0.4) is 0 Å². The number of nitrogens with one attached hydrogen (secondary N) is 2. The van der Waals surface area contributed by atoms with Gasteiger partial charge in [0, 0.05) is 0 Å². The molecule has 1 aromatic heterocycles. The SMILES string of the molecule is CCCC.CONc1ccc(NCN)nc1.Cc1ccc(-c2ccccc2)cc1. The Hall–Kier alpha value is -2.89. The monoisotopic (exact) mass is 394 g/mol. The van der Waals surface area contributed by atoms with E-state index in [1.807, 2.05) is 18.2 Å². The van der Waals surface area contributed by atoms with Gasteiger partial charge in [0.1, 0.15) is 5.82 Å². The first kappa shape index (κ1) is 24.1. The summed E-state index contributed by atoms with van der Waals surface area (Å²) in [7, 11) is 1.55. The zero-order chi connectivity index (χ0) is 21.3. The lowest BCUT2D eigenvalue weighted by atomic mass is 10.0. The van der Waals surface area contributed by atoms with Gasteiger partial charge in [0.05, 0.1) is 25.7 Å². The van der Waals surface area contributed by atoms with Crippen LogP contribution in [0.5, 0.6) is 0 Å². The van der Waals surface area contributed by atoms with Crippen LogP contribution in [0.1, 0.15) is 32.3 Å². The van der Waals surface area contributed by atoms with E-state index in [-0.39, 0.29) is 0 Å². The van der Waals surface area contributed by atoms with Crippen LogP contribution < -0.4 is 16.5 Å². The minimum Gasteiger partial charge on any atom is -0.358 e. The van der Waals surface area contributed by atoms with Gasteiger partial charge in [-0.3, -0.25) is 10.3 Å². The molecule has 0 amide bonds. The van der Waals surface area contributed by atoms with Gasteiger partial charge in [-0.25, -0.2) is 4.98 Å². The van der Waals surface area contributed by atoms with E-state index in [0.29, 0.717) is 6.67 Å². The highest BCUT2D eigenvalue weighted by molar-refractivity contribution is 5.63. The lowest BCUT2D eigenvalue weighted by Crippen LogP contribution is -2.11. The number of hydrogen-bond donors (Lipinski definition) is 3. The summed E-state index contributed by atoms with van der Waals surface area (Å²) >= 11 is 0. The van der Waals surface area contributed by atoms with Gasteiger partial charge >= 0.3 is 0 Å². The highest BCUT2D eigenvalue weighted by Crippen LogP contribution is 2.18. The van der Waals surface area contributed by atoms with Crippen LogP contribution in [0.2, 0.25) is 0 Å². The normalized spacial score (nSPS) is 9.41. The molecule has 3 rings (SSSR count). The van der Waals surface area contributed by atoms with Gasteiger partial charge in [-0.05, 0) is 30.2 Å². The highest BCUT2D eigenvalue weighted by Gasteiger charge is 1.94. The Morgan fingerprint density at radius 3 is 1.97 bits per heavy atom. The van der Waals surface area contributed by atoms with Crippen LogP contribution in [0.15, 0.2) is 72.9 Å². The summed E-state index contributed by atoms with van der Waals surface area (Å²) < 4.78 is 0. The van der Waals surface area contributed by atoms with Gasteiger partial charge in [0.25, 0.3) is 0 Å². The maximum atomic E-state index is 5.27. The highest BCUT2D eigenvalue weighted by atomic mass is 16.6. The van der Waals surface area contributed by atoms with Crippen molar-refractivity contribution >= 4 is 11.5 Å². The Balaban J connectivity index is 0.000000247. The lowest BCUT2D eigenvalue weighted by molar-refractivity contribution is 0.271. The molecule has 156 valence electrons. The zero-order valence-electron chi connectivity index (χ0n) is 18.0. The number of hydrogen-bond acceptors (Lipinski definition) is 5. The second-order valence-corrected chi connectivity index (χ2v) is 6.35. The van der Waals surface area contributed by atoms with Crippen molar-refractivity contribution in [1.82, 2.24) is 4.98 Å². The molecule has 0 radical (unpaired) electrons. The summed E-state index contributed by atoms with van der Waals surface area (Å²) in [4.78, 5) is 8.75. The fourth-order valence-electron chi connectivity index (χ4n) is 2.16. The largest absolute Gasteiger partial charge is 0.358 e. The molecule has 0 aliphatic carbocycles. The Labute approximate surface area is 175 Å². The maximum absolute atomic E-state index is 5.27. The smallest absolute Gasteiger partial charge is 0.127 e. The topological polar surface area (TPSA) is 72.2 Å². The third-order valence-electron chi connectivity index (χ3n) is 3.93. The summed E-state index contributed by atoms with van der Waals surface area (Å²) in [6.45, 7) is 6.85. The van der Waals surface area contributed by atoms with Crippen LogP contribution in [-0.2, 0) is 4.84 Å². The van der Waals surface area contributed by atoms with Crippen molar-refractivity contribution < 1.29 is 4.84 Å². The van der Waals surface area contributed by atoms with Gasteiger partial charge < -0.3 is 11.1 Å². The molecule has 29 heavy (non-hydrogen) atoms. The van der Waals surface area contributed by atoms with Crippen molar-refractivity contribution in [2.75, 3.05) is 24.6 Å². The number of benzene rings is 2. The van der Waals surface area contributed by atoms with Gasteiger partial charge in [0.15, 0.2) is 0 Å². The number of unbranched alkanes of at least 4 members (excludes halogenated alkanes) is 1. The molecular formula is C24H34N4O. The fraction of sp³-hybridized carbons (Fsp3) is 0.292. The Morgan fingerprint density at radius 1 is 0.862 bits per heavy atom. The first-order chi connectivity index (χ1) is 14.1. The molecule has 0 saturated carbocycles. The lowest BCUT2D eigenvalue weighted by Gasteiger charge is -2.04. The molecule has 4 N–H and O–H groups in total. The molecule has 0 spiro atoms. The predicted molar refractivity (Wildman–Crippen MR) is 125 cm³/mol. The second-order valence-electron chi connectivity index (χ2n) is 6.35. The molecule has 0 unspecified atom stereocenters. The quantitative estimate of drug-likeness (QED) is 0.361. The molecule has 0 atom stereocenters. The first-order valence-electron chi connectivity index (χ1n) is 9.95. The molecule has 2 aromatic carbocycles. The minimum absolute atomic E-state index is 0.379. The average molecular weight is 395 g/mol. The summed E-state index contributed by atoms with van der Waals surface area (Å²) in [6.07, 6.45) is 4.29. The van der Waals surface area contributed by atoms with Crippen molar-refractivity contribution in [2.45, 2.75) is 33.6 Å². The number of nitrogens with two attached hydrogens (primary N) is 1. The molecule has 1 heterocycles. The Kier molecular flexibility index (Phi) is 12.6. The number of aryl methyl sites for hydroxylation is 1. The third kappa shape index (κ3) is 10.3. The number of rotatable bonds is 6. The molecule has 5 heteroatoms. The van der Waals surface area contributed by atoms with Crippen LogP contribution in [0.25, 0.3) is 11.1 Å². The van der Waals surface area contributed by atoms with Crippen molar-refractivity contribution in [3.63, 3.8) is 0 Å². The summed E-state index contributed by atoms with van der Waals surface area (Å²) in [6, 6.07) is 22.7. The number of nitrogens with zero attached hydrogens (tertiary/aromatic N) is 1. The maximum Gasteiger partial charge on any atom is 0.127 e. The van der Waals surface area contributed by atoms with E-state index in [2.05, 4.69) is 85.1 Å². The van der Waals surface area contributed by atoms with Gasteiger partial charge in [-0.1, -0.05) is 86.8 Å². The van der Waals surface area contributed by atoms with Gasteiger partial charge in [-0.15, -0.1) is 0 Å². The van der Waals surface area contributed by atoms with Crippen LogP contribution in [0.4, 0.5) is 11.5 Å². The van der Waals surface area contributed by atoms with Crippen molar-refractivity contribution in [1.29, 1.82) is 0 Å². The van der Waals surface area contributed by atoms with Crippen molar-refractivity contribution in [3.05, 3.63) is 78.5 Å². The molecule has 0 fully saturated rings. The standard InChI is InChI=1S/C13H12.C7H12N4O.C4H10/c1-11-7-9-13(10-8-11)12-5-3-2-4-6-12;1-12-11-6-2-3-7(9-4-6)10-5-8;1-3-4-2/h2-10H,1H3;2-4,11H,5,8H2,1H3,(H,9,10);3-4H2,1-2H3. The van der Waals surface area contributed by atoms with E-state index >= 15 is 0 Å². The molecular weight excluding hydrogens is 360 g/mol. The zero-order valence-corrected chi connectivity index (χ0v) is 18.0. The molecule has 3 aromatic rings. The van der Waals surface area contributed by atoms with Crippen LogP contribution in [-0.4, -0.2) is 18.8 Å². The van der Waals surface area contributed by atoms with E-state index in [1.54, 1.807) is 13.3 Å². The van der Waals surface area contributed by atoms with Crippen molar-refractivity contribution in [3.8, 4) is 11.1 Å². The number of aromatic nitrogens is 1. The van der Waals surface area contributed by atoms with E-state index in [1.165, 1.54) is 29.5 Å². The van der Waals surface area contributed by atoms with Crippen LogP contribution in [0, 0.1) is 6.92 Å². The molecule has 0 aliphatic heterocycles. The van der Waals surface area contributed by atoms with Crippen molar-refractivity contribution in [2.24, 2.45) is 5.73 Å². The van der Waals surface area contributed by atoms with E-state index < -0.39 is 0 Å². The third-order valence-corrected chi connectivity index (χ3v) is 3.93. The summed E-state index contributed by atoms with van der Waals surface area (Å²) in [5.41, 5.74) is 12.6. The average Bonchev–Trinajstić information content (AvgIpc) is 2.77. The van der Waals surface area contributed by atoms with E-state index in [4.69, 9.17) is 10.6 Å². The number of pyridine rings is 1. The first-order valence-corrected chi connectivity index (χ1v) is 9.95. The fourth-order valence-corrected chi connectivity index (χ4v) is 2.16. The molecule has 0 bridgehead atoms. The van der Waals surface area contributed by atoms with Crippen LogP contribution >= 0.6 is 0 Å². The number of anilines is 2. The minimum atomic E-state index is 0.379.